The molecule has 1 aromatic carbocycles. The van der Waals surface area contributed by atoms with E-state index in [1.165, 1.54) is 19.2 Å². The van der Waals surface area contributed by atoms with Crippen LogP contribution in [0.4, 0.5) is 0 Å². The number of aliphatic hydroxyl groups excluding tert-OH is 1. The van der Waals surface area contributed by atoms with E-state index in [4.69, 9.17) is 4.74 Å². The monoisotopic (exact) mass is 441 g/mol. The van der Waals surface area contributed by atoms with Crippen molar-refractivity contribution in [3.05, 3.63) is 24.3 Å². The number of amides is 1. The van der Waals surface area contributed by atoms with Crippen molar-refractivity contribution < 1.29 is 23.1 Å². The lowest BCUT2D eigenvalue weighted by atomic mass is 10.1. The highest BCUT2D eigenvalue weighted by atomic mass is 32.2. The van der Waals surface area contributed by atoms with Crippen LogP contribution in [0.1, 0.15) is 51.9 Å². The lowest BCUT2D eigenvalue weighted by Crippen LogP contribution is -2.54. The number of aliphatic hydroxyl groups is 1. The number of likely N-dealkylation sites (N-methyl/N-ethyl adjacent to an activating group) is 1. The standard InChI is InChI=1S/C21H35N3O5S/c1-4-5-6-7-9-18(21(26)24-15-8-10-19(24)20(25)22-2)23-30(27,28)17-13-11-16(29-3)12-14-17/h11-14,18-20,22-23,25H,4-10,15H2,1-3H3/t18-,19?,20?/m0/s1. The number of nitrogens with one attached hydrogen (secondary N) is 2. The van der Waals surface area contributed by atoms with E-state index in [1.807, 2.05) is 0 Å². The second-order valence-corrected chi connectivity index (χ2v) is 9.39. The molecule has 1 aromatic rings. The van der Waals surface area contributed by atoms with E-state index in [1.54, 1.807) is 24.1 Å². The van der Waals surface area contributed by atoms with Gasteiger partial charge in [0.25, 0.3) is 0 Å². The maximum atomic E-state index is 13.3. The van der Waals surface area contributed by atoms with Crippen LogP contribution in [0.5, 0.6) is 5.75 Å². The van der Waals surface area contributed by atoms with E-state index in [-0.39, 0.29) is 16.8 Å². The zero-order chi connectivity index (χ0) is 22.1. The number of hydrogen-bond donors (Lipinski definition) is 3. The molecule has 0 aliphatic carbocycles. The number of carbonyl (C=O) groups excluding carboxylic acids is 1. The molecule has 9 heteroatoms. The Morgan fingerprint density at radius 3 is 2.57 bits per heavy atom. The average Bonchev–Trinajstić information content (AvgIpc) is 3.24. The maximum Gasteiger partial charge on any atom is 0.241 e. The first-order chi connectivity index (χ1) is 14.3. The van der Waals surface area contributed by atoms with E-state index in [0.29, 0.717) is 25.1 Å². The molecule has 1 amide bonds. The van der Waals surface area contributed by atoms with Crippen molar-refractivity contribution in [3.8, 4) is 5.75 Å². The minimum atomic E-state index is -3.88. The van der Waals surface area contributed by atoms with Crippen molar-refractivity contribution in [2.75, 3.05) is 20.7 Å². The van der Waals surface area contributed by atoms with Crippen molar-refractivity contribution >= 4 is 15.9 Å². The first-order valence-electron chi connectivity index (χ1n) is 10.7. The third kappa shape index (κ3) is 6.41. The Labute approximate surface area is 180 Å². The molecule has 1 saturated heterocycles. The molecule has 1 heterocycles. The van der Waals surface area contributed by atoms with E-state index in [9.17, 15) is 18.3 Å². The molecule has 0 spiro atoms. The SMILES string of the molecule is CCCCCC[C@H](NS(=O)(=O)c1ccc(OC)cc1)C(=O)N1CCCC1C(O)NC. The summed E-state index contributed by atoms with van der Waals surface area (Å²) in [7, 11) is -0.724. The summed E-state index contributed by atoms with van der Waals surface area (Å²) in [6, 6.07) is 4.86. The lowest BCUT2D eigenvalue weighted by Gasteiger charge is -2.31. The van der Waals surface area contributed by atoms with Crippen LogP contribution in [0, 0.1) is 0 Å². The lowest BCUT2D eigenvalue weighted by molar-refractivity contribution is -0.136. The molecule has 3 N–H and O–H groups in total. The minimum absolute atomic E-state index is 0.0860. The van der Waals surface area contributed by atoms with Gasteiger partial charge in [-0.15, -0.1) is 0 Å². The van der Waals surface area contributed by atoms with E-state index < -0.39 is 22.3 Å². The van der Waals surface area contributed by atoms with Crippen molar-refractivity contribution in [1.29, 1.82) is 0 Å². The number of rotatable bonds is 12. The summed E-state index contributed by atoms with van der Waals surface area (Å²) in [5.74, 6) is 0.280. The molecule has 1 aliphatic heterocycles. The van der Waals surface area contributed by atoms with Crippen LogP contribution in [0.15, 0.2) is 29.2 Å². The maximum absolute atomic E-state index is 13.3. The molecular weight excluding hydrogens is 406 g/mol. The van der Waals surface area contributed by atoms with Crippen LogP contribution in [0.2, 0.25) is 0 Å². The van der Waals surface area contributed by atoms with Gasteiger partial charge in [-0.2, -0.15) is 4.72 Å². The minimum Gasteiger partial charge on any atom is -0.497 e. The van der Waals surface area contributed by atoms with Crippen LogP contribution in [0.25, 0.3) is 0 Å². The van der Waals surface area contributed by atoms with E-state index in [2.05, 4.69) is 17.0 Å². The summed E-state index contributed by atoms with van der Waals surface area (Å²) >= 11 is 0. The predicted octanol–water partition coefficient (Wildman–Crippen LogP) is 1.84. The second kappa shape index (κ2) is 11.6. The molecule has 2 rings (SSSR count). The summed E-state index contributed by atoms with van der Waals surface area (Å²) in [5, 5.41) is 13.0. The number of benzene rings is 1. The summed E-state index contributed by atoms with van der Waals surface area (Å²) in [5.41, 5.74) is 0. The zero-order valence-electron chi connectivity index (χ0n) is 18.1. The van der Waals surface area contributed by atoms with Gasteiger partial charge in [-0.1, -0.05) is 32.6 Å². The van der Waals surface area contributed by atoms with E-state index in [0.717, 1.165) is 32.1 Å². The highest BCUT2D eigenvalue weighted by Crippen LogP contribution is 2.23. The third-order valence-corrected chi connectivity index (χ3v) is 7.04. The first-order valence-corrected chi connectivity index (χ1v) is 12.1. The largest absolute Gasteiger partial charge is 0.497 e. The Hall–Kier alpha value is -1.68. The molecule has 0 radical (unpaired) electrons. The first kappa shape index (κ1) is 24.6. The Morgan fingerprint density at radius 2 is 1.97 bits per heavy atom. The van der Waals surface area contributed by atoms with Crippen LogP contribution in [-0.4, -0.2) is 63.3 Å². The van der Waals surface area contributed by atoms with Gasteiger partial charge in [-0.25, -0.2) is 8.42 Å². The molecule has 0 saturated carbocycles. The molecule has 0 aromatic heterocycles. The molecule has 8 nitrogen and oxygen atoms in total. The Morgan fingerprint density at radius 1 is 1.27 bits per heavy atom. The predicted molar refractivity (Wildman–Crippen MR) is 116 cm³/mol. The Kier molecular flexibility index (Phi) is 9.54. The van der Waals surface area contributed by atoms with Crippen molar-refractivity contribution in [1.82, 2.24) is 14.9 Å². The van der Waals surface area contributed by atoms with Gasteiger partial charge in [0, 0.05) is 6.54 Å². The number of methoxy groups -OCH3 is 1. The number of likely N-dealkylation sites (tertiary alicyclic amines) is 1. The van der Waals surface area contributed by atoms with Gasteiger partial charge in [0.2, 0.25) is 15.9 Å². The Balaban J connectivity index is 2.19. The number of unbranched alkanes of at least 4 members (excludes halogenated alkanes) is 3. The van der Waals surface area contributed by atoms with Gasteiger partial charge in [-0.3, -0.25) is 10.1 Å². The Bertz CT molecular complexity index is 769. The van der Waals surface area contributed by atoms with Gasteiger partial charge in [0.15, 0.2) is 0 Å². The van der Waals surface area contributed by atoms with Gasteiger partial charge in [0.05, 0.1) is 18.0 Å². The number of hydrogen-bond acceptors (Lipinski definition) is 6. The van der Waals surface area contributed by atoms with Crippen molar-refractivity contribution in [2.24, 2.45) is 0 Å². The number of carbonyl (C=O) groups is 1. The fraction of sp³-hybridized carbons (Fsp3) is 0.667. The van der Waals surface area contributed by atoms with Gasteiger partial charge in [-0.05, 0) is 50.6 Å². The highest BCUT2D eigenvalue weighted by Gasteiger charge is 2.37. The number of ether oxygens (including phenoxy) is 1. The third-order valence-electron chi connectivity index (χ3n) is 5.55. The van der Waals surface area contributed by atoms with Gasteiger partial charge in [0.1, 0.15) is 18.0 Å². The van der Waals surface area contributed by atoms with Gasteiger partial charge < -0.3 is 14.7 Å². The molecule has 1 aliphatic rings. The summed E-state index contributed by atoms with van der Waals surface area (Å²) in [4.78, 5) is 15.0. The average molecular weight is 442 g/mol. The van der Waals surface area contributed by atoms with Crippen molar-refractivity contribution in [2.45, 2.75) is 75.1 Å². The number of nitrogens with zero attached hydrogens (tertiary/aromatic N) is 1. The second-order valence-electron chi connectivity index (χ2n) is 7.67. The van der Waals surface area contributed by atoms with Crippen LogP contribution < -0.4 is 14.8 Å². The van der Waals surface area contributed by atoms with Crippen LogP contribution in [-0.2, 0) is 14.8 Å². The topological polar surface area (TPSA) is 108 Å². The fourth-order valence-electron chi connectivity index (χ4n) is 3.81. The normalized spacial score (nSPS) is 18.9. The molecule has 2 unspecified atom stereocenters. The molecule has 3 atom stereocenters. The molecule has 170 valence electrons. The van der Waals surface area contributed by atoms with Crippen LogP contribution in [0.3, 0.4) is 0 Å². The summed E-state index contributed by atoms with van der Waals surface area (Å²) in [6.45, 7) is 2.61. The zero-order valence-corrected chi connectivity index (χ0v) is 19.0. The quantitative estimate of drug-likeness (QED) is 0.337. The van der Waals surface area contributed by atoms with Crippen molar-refractivity contribution in [3.63, 3.8) is 0 Å². The molecular formula is C21H35N3O5S. The highest BCUT2D eigenvalue weighted by molar-refractivity contribution is 7.89. The molecule has 30 heavy (non-hydrogen) atoms. The van der Waals surface area contributed by atoms with Crippen LogP contribution >= 0.6 is 0 Å². The smallest absolute Gasteiger partial charge is 0.241 e. The van der Waals surface area contributed by atoms with E-state index >= 15 is 0 Å². The molecule has 0 bridgehead atoms. The summed E-state index contributed by atoms with van der Waals surface area (Å²) in [6.07, 6.45) is 4.83. The number of sulfonamides is 1. The summed E-state index contributed by atoms with van der Waals surface area (Å²) < 4.78 is 33.6. The fourth-order valence-corrected chi connectivity index (χ4v) is 5.03. The van der Waals surface area contributed by atoms with Gasteiger partial charge >= 0.3 is 0 Å². The molecule has 1 fully saturated rings.